The van der Waals surface area contributed by atoms with Gasteiger partial charge in [-0.2, -0.15) is 0 Å². The number of carbonyl (C=O) groups is 1. The summed E-state index contributed by atoms with van der Waals surface area (Å²) in [6.07, 6.45) is 0.865. The predicted molar refractivity (Wildman–Crippen MR) is 30.1 cm³/mol. The summed E-state index contributed by atoms with van der Waals surface area (Å²) in [6, 6.07) is -0.162. The molecule has 1 unspecified atom stereocenters. The van der Waals surface area contributed by atoms with E-state index in [0.29, 0.717) is 0 Å². The Bertz CT molecular complexity index is 93.7. The first-order chi connectivity index (χ1) is 3.30. The van der Waals surface area contributed by atoms with Gasteiger partial charge < -0.3 is 5.73 Å². The molecule has 1 fully saturated rings. The lowest BCUT2D eigenvalue weighted by molar-refractivity contribution is -0.111. The first-order valence-electron chi connectivity index (χ1n) is 2.23. The van der Waals surface area contributed by atoms with E-state index < -0.39 is 0 Å². The van der Waals surface area contributed by atoms with Gasteiger partial charge in [0.25, 0.3) is 0 Å². The van der Waals surface area contributed by atoms with Gasteiger partial charge in [0.05, 0.1) is 6.04 Å². The monoisotopic (exact) mass is 116 g/mol. The summed E-state index contributed by atoms with van der Waals surface area (Å²) in [5, 5.41) is 0.153. The third kappa shape index (κ3) is 0.951. The number of nitrogens with two attached hydrogens (primary N) is 1. The average Bonchev–Trinajstić information content (AvgIpc) is 1.91. The van der Waals surface area contributed by atoms with Crippen molar-refractivity contribution in [2.45, 2.75) is 12.5 Å². The first-order valence-corrected chi connectivity index (χ1v) is 3.21. The van der Waals surface area contributed by atoms with Crippen LogP contribution in [0.5, 0.6) is 0 Å². The standard InChI is InChI=1S/C4H7NOS/c5-3-1-2-7-4(3)6/h3H,1-2,5H2/i4-1. The molecule has 40 valence electrons. The normalized spacial score (nSPS) is 31.6. The Hall–Kier alpha value is -0.0200. The van der Waals surface area contributed by atoms with Crippen molar-refractivity contribution < 1.29 is 4.79 Å². The highest BCUT2D eigenvalue weighted by Crippen LogP contribution is 2.16. The molecule has 0 aromatic carbocycles. The molecule has 1 aliphatic rings. The molecule has 1 rings (SSSR count). The van der Waals surface area contributed by atoms with E-state index in [4.69, 9.17) is 5.73 Å². The Labute approximate surface area is 46.5 Å². The van der Waals surface area contributed by atoms with E-state index in [9.17, 15) is 4.79 Å². The number of rotatable bonds is 0. The van der Waals surface area contributed by atoms with Crippen LogP contribution >= 0.6 is 11.8 Å². The molecule has 0 aromatic heterocycles. The maximum absolute atomic E-state index is 10.4. The molecular weight excluding hydrogens is 109 g/mol. The fraction of sp³-hybridized carbons (Fsp3) is 0.750. The third-order valence-electron chi connectivity index (χ3n) is 0.976. The maximum atomic E-state index is 10.4. The quantitative estimate of drug-likeness (QED) is 0.483. The van der Waals surface area contributed by atoms with E-state index >= 15 is 0 Å². The number of hydrogen-bond acceptors (Lipinski definition) is 3. The van der Waals surface area contributed by atoms with E-state index in [1.165, 1.54) is 11.8 Å². The molecule has 2 nitrogen and oxygen atoms in total. The molecular formula is C4H7NOS. The zero-order chi connectivity index (χ0) is 5.28. The summed E-state index contributed by atoms with van der Waals surface area (Å²) in [7, 11) is 0. The van der Waals surface area contributed by atoms with Crippen LogP contribution in [0, 0.1) is 0 Å². The van der Waals surface area contributed by atoms with Crippen LogP contribution in [0.2, 0.25) is 0 Å². The Morgan fingerprint density at radius 3 is 2.71 bits per heavy atom. The Morgan fingerprint density at radius 1 is 1.86 bits per heavy atom. The van der Waals surface area contributed by atoms with Gasteiger partial charge in [0, 0.05) is 5.75 Å². The lowest BCUT2D eigenvalue weighted by Crippen LogP contribution is -2.22. The Kier molecular flexibility index (Phi) is 1.35. The van der Waals surface area contributed by atoms with Crippen LogP contribution < -0.4 is 5.73 Å². The van der Waals surface area contributed by atoms with Gasteiger partial charge in [-0.25, -0.2) is 0 Å². The van der Waals surface area contributed by atoms with Crippen molar-refractivity contribution >= 4 is 16.9 Å². The molecule has 0 spiro atoms. The van der Waals surface area contributed by atoms with Crippen LogP contribution in [0.3, 0.4) is 0 Å². The second-order valence-electron chi connectivity index (χ2n) is 1.56. The largest absolute Gasteiger partial charge is 0.321 e. The molecule has 0 radical (unpaired) electrons. The highest BCUT2D eigenvalue weighted by molar-refractivity contribution is 8.14. The van der Waals surface area contributed by atoms with Crippen molar-refractivity contribution in [3.8, 4) is 0 Å². The van der Waals surface area contributed by atoms with Gasteiger partial charge in [-0.1, -0.05) is 11.8 Å². The highest BCUT2D eigenvalue weighted by atomic mass is 32.2. The molecule has 1 atom stereocenters. The smallest absolute Gasteiger partial charge is 0.205 e. The minimum Gasteiger partial charge on any atom is -0.321 e. The second kappa shape index (κ2) is 1.84. The van der Waals surface area contributed by atoms with Crippen molar-refractivity contribution in [2.75, 3.05) is 5.75 Å². The summed E-state index contributed by atoms with van der Waals surface area (Å²) in [4.78, 5) is 10.4. The third-order valence-corrected chi connectivity index (χ3v) is 2.00. The summed E-state index contributed by atoms with van der Waals surface area (Å²) in [5.74, 6) is 0.917. The minimum absolute atomic E-state index is 0.153. The molecule has 0 saturated carbocycles. The van der Waals surface area contributed by atoms with Crippen LogP contribution in [0.15, 0.2) is 0 Å². The summed E-state index contributed by atoms with van der Waals surface area (Å²) >= 11 is 1.34. The maximum Gasteiger partial charge on any atom is 0.205 e. The summed E-state index contributed by atoms with van der Waals surface area (Å²) in [6.45, 7) is 0. The Morgan fingerprint density at radius 2 is 2.57 bits per heavy atom. The molecule has 1 heterocycles. The lowest BCUT2D eigenvalue weighted by Gasteiger charge is -1.90. The van der Waals surface area contributed by atoms with Gasteiger partial charge in [0.15, 0.2) is 0 Å². The number of carbonyl (C=O) groups excluding carboxylic acids is 1. The molecule has 3 heteroatoms. The molecule has 0 amide bonds. The van der Waals surface area contributed by atoms with Crippen molar-refractivity contribution in [2.24, 2.45) is 5.73 Å². The molecule has 0 aliphatic carbocycles. The van der Waals surface area contributed by atoms with Crippen molar-refractivity contribution in [3.05, 3.63) is 0 Å². The van der Waals surface area contributed by atoms with E-state index in [-0.39, 0.29) is 11.2 Å². The highest BCUT2D eigenvalue weighted by Gasteiger charge is 2.19. The van der Waals surface area contributed by atoms with Crippen LogP contribution in [-0.2, 0) is 4.79 Å². The molecule has 0 aromatic rings. The van der Waals surface area contributed by atoms with Gasteiger partial charge in [0.1, 0.15) is 0 Å². The van der Waals surface area contributed by atoms with Gasteiger partial charge in [0.2, 0.25) is 5.12 Å². The molecule has 0 bridgehead atoms. The van der Waals surface area contributed by atoms with Gasteiger partial charge in [-0.3, -0.25) is 4.79 Å². The van der Waals surface area contributed by atoms with Crippen molar-refractivity contribution in [1.29, 1.82) is 0 Å². The van der Waals surface area contributed by atoms with Crippen LogP contribution in [0.4, 0.5) is 0 Å². The zero-order valence-electron chi connectivity index (χ0n) is 3.89. The number of hydrogen-bond donors (Lipinski definition) is 1. The second-order valence-corrected chi connectivity index (χ2v) is 2.66. The van der Waals surface area contributed by atoms with E-state index in [0.717, 1.165) is 12.2 Å². The minimum atomic E-state index is -0.162. The zero-order valence-corrected chi connectivity index (χ0v) is 4.70. The molecule has 7 heavy (non-hydrogen) atoms. The van der Waals surface area contributed by atoms with E-state index in [2.05, 4.69) is 0 Å². The molecule has 2 N–H and O–H groups in total. The van der Waals surface area contributed by atoms with E-state index in [1.54, 1.807) is 0 Å². The van der Waals surface area contributed by atoms with Gasteiger partial charge in [-0.05, 0) is 6.42 Å². The topological polar surface area (TPSA) is 43.1 Å². The van der Waals surface area contributed by atoms with Crippen LogP contribution in [0.25, 0.3) is 0 Å². The summed E-state index contributed by atoms with van der Waals surface area (Å²) in [5.41, 5.74) is 5.31. The lowest BCUT2D eigenvalue weighted by atomic mass is 10.00. The number of thioether (sulfide) groups is 1. The molecule has 1 aliphatic heterocycles. The SMILES string of the molecule is NC1CCS[11C]1=O. The van der Waals surface area contributed by atoms with Crippen LogP contribution in [0.1, 0.15) is 6.42 Å². The first kappa shape index (κ1) is 5.12. The van der Waals surface area contributed by atoms with Crippen molar-refractivity contribution in [1.82, 2.24) is 0 Å². The Balaban J connectivity index is 2.48. The predicted octanol–water partition coefficient (Wildman–Crippen LogP) is -0.0228. The van der Waals surface area contributed by atoms with E-state index in [1.807, 2.05) is 0 Å². The molecule has 1 saturated heterocycles. The van der Waals surface area contributed by atoms with Crippen molar-refractivity contribution in [3.63, 3.8) is 0 Å². The fourth-order valence-corrected chi connectivity index (χ4v) is 1.42. The van der Waals surface area contributed by atoms with Gasteiger partial charge >= 0.3 is 0 Å². The average molecular weight is 116 g/mol. The summed E-state index contributed by atoms with van der Waals surface area (Å²) < 4.78 is 0. The van der Waals surface area contributed by atoms with Gasteiger partial charge in [-0.15, -0.1) is 0 Å². The fourth-order valence-electron chi connectivity index (χ4n) is 0.511. The van der Waals surface area contributed by atoms with Crippen LogP contribution in [-0.4, -0.2) is 16.9 Å².